The SMILES string of the molecule is CC/C=C\C/C=C\C/C=C\C/C=C\CCCCCCCCCCCCCCCCCCCCCCCCC(=O)NC(COC1OC(CO)C(OC2OC(CO)C(O)C(O)C2O)C(O)C1O)C(O)CCCCCCCCCCCCCCCCCCCCCCCCCCCCC. The molecular formula is C82H153NO13. The van der Waals surface area contributed by atoms with Gasteiger partial charge < -0.3 is 65.1 Å². The average Bonchev–Trinajstić information content (AvgIpc) is 0.797. The molecule has 2 saturated heterocycles. The number of amides is 1. The van der Waals surface area contributed by atoms with E-state index in [1.165, 1.54) is 270 Å². The molecular weight excluding hydrogens is 1210 g/mol. The van der Waals surface area contributed by atoms with Gasteiger partial charge in [-0.25, -0.2) is 0 Å². The number of hydrogen-bond acceptors (Lipinski definition) is 13. The maximum atomic E-state index is 13.4. The van der Waals surface area contributed by atoms with Crippen molar-refractivity contribution in [1.29, 1.82) is 0 Å². The van der Waals surface area contributed by atoms with E-state index in [2.05, 4.69) is 67.8 Å². The molecule has 2 fully saturated rings. The molecule has 96 heavy (non-hydrogen) atoms. The molecule has 2 heterocycles. The predicted molar refractivity (Wildman–Crippen MR) is 397 cm³/mol. The first-order valence-electron chi connectivity index (χ1n) is 40.9. The van der Waals surface area contributed by atoms with Gasteiger partial charge >= 0.3 is 0 Å². The maximum absolute atomic E-state index is 13.4. The van der Waals surface area contributed by atoms with Crippen molar-refractivity contribution in [1.82, 2.24) is 5.32 Å². The van der Waals surface area contributed by atoms with E-state index >= 15 is 0 Å². The number of nitrogens with one attached hydrogen (secondary N) is 1. The Balaban J connectivity index is 1.59. The van der Waals surface area contributed by atoms with Gasteiger partial charge in [-0.3, -0.25) is 4.79 Å². The monoisotopic (exact) mass is 1360 g/mol. The number of aliphatic hydroxyl groups is 8. The molecule has 0 bridgehead atoms. The predicted octanol–water partition coefficient (Wildman–Crippen LogP) is 18.6. The Morgan fingerprint density at radius 3 is 1.10 bits per heavy atom. The van der Waals surface area contributed by atoms with Crippen LogP contribution in [0.25, 0.3) is 0 Å². The van der Waals surface area contributed by atoms with Crippen molar-refractivity contribution in [3.05, 3.63) is 48.6 Å². The molecule has 0 aromatic rings. The molecule has 2 aliphatic rings. The highest BCUT2D eigenvalue weighted by molar-refractivity contribution is 5.76. The van der Waals surface area contributed by atoms with E-state index in [0.29, 0.717) is 12.8 Å². The molecule has 12 atom stereocenters. The fraction of sp³-hybridized carbons (Fsp3) is 0.890. The molecule has 0 saturated carbocycles. The first-order chi connectivity index (χ1) is 47.1. The van der Waals surface area contributed by atoms with Crippen LogP contribution in [0.5, 0.6) is 0 Å². The molecule has 9 N–H and O–H groups in total. The lowest BCUT2D eigenvalue weighted by molar-refractivity contribution is -0.359. The third kappa shape index (κ3) is 48.7. The van der Waals surface area contributed by atoms with Gasteiger partial charge in [0, 0.05) is 6.42 Å². The lowest BCUT2D eigenvalue weighted by Crippen LogP contribution is -2.65. The van der Waals surface area contributed by atoms with Crippen molar-refractivity contribution in [2.24, 2.45) is 0 Å². The number of aliphatic hydroxyl groups excluding tert-OH is 8. The van der Waals surface area contributed by atoms with Crippen LogP contribution in [0.1, 0.15) is 373 Å². The highest BCUT2D eigenvalue weighted by Crippen LogP contribution is 2.30. The van der Waals surface area contributed by atoms with E-state index in [1.807, 2.05) is 0 Å². The summed E-state index contributed by atoms with van der Waals surface area (Å²) in [6, 6.07) is -0.830. The molecule has 12 unspecified atom stereocenters. The molecule has 0 spiro atoms. The number of carbonyl (C=O) groups excluding carboxylic acids is 1. The number of allylic oxidation sites excluding steroid dienone is 8. The van der Waals surface area contributed by atoms with Crippen molar-refractivity contribution >= 4 is 5.91 Å². The van der Waals surface area contributed by atoms with Gasteiger partial charge in [0.25, 0.3) is 0 Å². The number of rotatable bonds is 69. The summed E-state index contributed by atoms with van der Waals surface area (Å²) >= 11 is 0. The van der Waals surface area contributed by atoms with Crippen LogP contribution in [0, 0.1) is 0 Å². The summed E-state index contributed by atoms with van der Waals surface area (Å²) in [7, 11) is 0. The van der Waals surface area contributed by atoms with E-state index in [1.54, 1.807) is 0 Å². The summed E-state index contributed by atoms with van der Waals surface area (Å²) in [6.07, 6.45) is 71.6. The number of carbonyl (C=O) groups is 1. The molecule has 0 radical (unpaired) electrons. The van der Waals surface area contributed by atoms with Crippen LogP contribution in [0.3, 0.4) is 0 Å². The Hall–Kier alpha value is -2.05. The highest BCUT2D eigenvalue weighted by atomic mass is 16.7. The van der Waals surface area contributed by atoms with E-state index in [-0.39, 0.29) is 12.5 Å². The van der Waals surface area contributed by atoms with Crippen molar-refractivity contribution < 1.29 is 64.6 Å². The van der Waals surface area contributed by atoms with Gasteiger partial charge in [0.1, 0.15) is 48.8 Å². The minimum Gasteiger partial charge on any atom is -0.394 e. The Morgan fingerprint density at radius 1 is 0.385 bits per heavy atom. The highest BCUT2D eigenvalue weighted by Gasteiger charge is 2.51. The molecule has 0 aromatic carbocycles. The lowest BCUT2D eigenvalue weighted by Gasteiger charge is -2.46. The first-order valence-corrected chi connectivity index (χ1v) is 40.9. The van der Waals surface area contributed by atoms with Crippen LogP contribution in [0.15, 0.2) is 48.6 Å². The molecule has 0 aliphatic carbocycles. The van der Waals surface area contributed by atoms with Crippen LogP contribution in [0.4, 0.5) is 0 Å². The van der Waals surface area contributed by atoms with Crippen LogP contribution >= 0.6 is 0 Å². The van der Waals surface area contributed by atoms with Crippen LogP contribution in [-0.2, 0) is 23.7 Å². The third-order valence-electron chi connectivity index (χ3n) is 20.1. The quantitative estimate of drug-likeness (QED) is 0.0204. The first kappa shape index (κ1) is 90.0. The fourth-order valence-electron chi connectivity index (χ4n) is 13.6. The zero-order chi connectivity index (χ0) is 69.4. The summed E-state index contributed by atoms with van der Waals surface area (Å²) < 4.78 is 23.0. The second-order valence-electron chi connectivity index (χ2n) is 28.9. The number of unbranched alkanes of at least 4 members (excludes halogenated alkanes) is 48. The Kier molecular flexibility index (Phi) is 62.1. The molecule has 2 rings (SSSR count). The minimum absolute atomic E-state index is 0.199. The molecule has 14 heteroatoms. The van der Waals surface area contributed by atoms with Crippen LogP contribution < -0.4 is 5.32 Å². The zero-order valence-electron chi connectivity index (χ0n) is 61.9. The van der Waals surface area contributed by atoms with Gasteiger partial charge in [-0.2, -0.15) is 0 Å². The van der Waals surface area contributed by atoms with E-state index < -0.39 is 86.8 Å². The second kappa shape index (κ2) is 66.2. The zero-order valence-corrected chi connectivity index (χ0v) is 61.9. The largest absolute Gasteiger partial charge is 0.394 e. The topological polar surface area (TPSA) is 228 Å². The lowest BCUT2D eigenvalue weighted by atomic mass is 9.97. The van der Waals surface area contributed by atoms with Gasteiger partial charge in [-0.1, -0.05) is 364 Å². The molecule has 564 valence electrons. The van der Waals surface area contributed by atoms with Crippen molar-refractivity contribution in [3.63, 3.8) is 0 Å². The summed E-state index contributed by atoms with van der Waals surface area (Å²) in [5, 5.41) is 87.9. The van der Waals surface area contributed by atoms with Crippen LogP contribution in [0.2, 0.25) is 0 Å². The molecule has 14 nitrogen and oxygen atoms in total. The summed E-state index contributed by atoms with van der Waals surface area (Å²) in [6.45, 7) is 2.82. The maximum Gasteiger partial charge on any atom is 0.220 e. The Morgan fingerprint density at radius 2 is 0.719 bits per heavy atom. The smallest absolute Gasteiger partial charge is 0.220 e. The van der Waals surface area contributed by atoms with Crippen molar-refractivity contribution in [3.8, 4) is 0 Å². The van der Waals surface area contributed by atoms with Gasteiger partial charge in [0.2, 0.25) is 5.91 Å². The molecule has 2 aliphatic heterocycles. The van der Waals surface area contributed by atoms with Gasteiger partial charge in [0.05, 0.1) is 32.0 Å². The van der Waals surface area contributed by atoms with E-state index in [0.717, 1.165) is 77.0 Å². The Bertz CT molecular complexity index is 1800. The average molecular weight is 1360 g/mol. The van der Waals surface area contributed by atoms with Gasteiger partial charge in [-0.05, 0) is 51.4 Å². The number of hydrogen-bond donors (Lipinski definition) is 9. The van der Waals surface area contributed by atoms with E-state index in [4.69, 9.17) is 18.9 Å². The fourth-order valence-corrected chi connectivity index (χ4v) is 13.6. The minimum atomic E-state index is -1.78. The van der Waals surface area contributed by atoms with Crippen molar-refractivity contribution in [2.45, 2.75) is 447 Å². The normalized spacial score (nSPS) is 22.4. The van der Waals surface area contributed by atoms with Gasteiger partial charge in [0.15, 0.2) is 12.6 Å². The standard InChI is InChI=1S/C82H153NO13/c1-3-5-7-9-11-13-15-17-19-21-23-25-27-29-31-32-33-34-35-36-37-38-40-42-44-46-48-50-52-54-56-58-60-62-64-66-74(87)83-70(69-93-81-79(92)77(90)80(73(68-85)95-81)96-82-78(91)76(89)75(88)72(67-84)94-82)71(86)65-63-61-59-57-55-53-51-49-47-45-43-41-39-30-28-26-24-22-20-18-16-14-12-10-8-6-4-2/h5,7,11,13,17,19,23,25,70-73,75-82,84-86,88-92H,3-4,6,8-10,12,14-16,18,20-22,24,26-69H2,1-2H3,(H,83,87)/b7-5-,13-11-,19-17-,25-23-. The van der Waals surface area contributed by atoms with Crippen LogP contribution in [-0.4, -0.2) is 140 Å². The number of ether oxygens (including phenoxy) is 4. The molecule has 1 amide bonds. The Labute approximate surface area is 588 Å². The summed E-state index contributed by atoms with van der Waals surface area (Å²) in [5.41, 5.74) is 0. The summed E-state index contributed by atoms with van der Waals surface area (Å²) in [5.74, 6) is -0.199. The van der Waals surface area contributed by atoms with E-state index in [9.17, 15) is 45.6 Å². The summed E-state index contributed by atoms with van der Waals surface area (Å²) in [4.78, 5) is 13.4. The molecule has 0 aromatic heterocycles. The second-order valence-corrected chi connectivity index (χ2v) is 28.9. The third-order valence-corrected chi connectivity index (χ3v) is 20.1. The van der Waals surface area contributed by atoms with Crippen molar-refractivity contribution in [2.75, 3.05) is 19.8 Å². The van der Waals surface area contributed by atoms with Gasteiger partial charge in [-0.15, -0.1) is 0 Å².